The minimum atomic E-state index is -0.566. The molecule has 2 fully saturated rings. The number of likely N-dealkylation sites (tertiary alicyclic amines) is 1. The standard InChI is InChI=1S/C14H25N3O3.ClH/c1-10(2)17-6-3-11(12(17)18)16-13(19)14(9-15)4-7-20-8-5-14;/h10-11H,3-9,15H2,1-2H3,(H,16,19);1H. The number of rotatable bonds is 4. The van der Waals surface area contributed by atoms with Gasteiger partial charge in [-0.05, 0) is 33.1 Å². The van der Waals surface area contributed by atoms with Gasteiger partial charge in [0, 0.05) is 32.3 Å². The third kappa shape index (κ3) is 3.67. The molecule has 0 bridgehead atoms. The minimum absolute atomic E-state index is 0. The van der Waals surface area contributed by atoms with E-state index in [0.717, 1.165) is 0 Å². The number of amides is 2. The van der Waals surface area contributed by atoms with Gasteiger partial charge in [0.25, 0.3) is 0 Å². The molecule has 0 radical (unpaired) electrons. The fraction of sp³-hybridized carbons (Fsp3) is 0.857. The second-order valence-electron chi connectivity index (χ2n) is 6.04. The molecule has 0 aliphatic carbocycles. The van der Waals surface area contributed by atoms with Gasteiger partial charge >= 0.3 is 0 Å². The van der Waals surface area contributed by atoms with Gasteiger partial charge in [0.2, 0.25) is 11.8 Å². The fourth-order valence-corrected chi connectivity index (χ4v) is 2.95. The number of carbonyl (C=O) groups is 2. The van der Waals surface area contributed by atoms with E-state index in [2.05, 4.69) is 5.32 Å². The molecule has 2 heterocycles. The average Bonchev–Trinajstić information content (AvgIpc) is 2.81. The van der Waals surface area contributed by atoms with E-state index in [0.29, 0.717) is 45.6 Å². The summed E-state index contributed by atoms with van der Waals surface area (Å²) in [6.07, 6.45) is 1.94. The molecule has 2 aliphatic heterocycles. The molecule has 2 amide bonds. The summed E-state index contributed by atoms with van der Waals surface area (Å²) in [7, 11) is 0. The molecule has 0 aromatic rings. The summed E-state index contributed by atoms with van der Waals surface area (Å²) in [6.45, 7) is 6.10. The number of hydrogen-bond donors (Lipinski definition) is 2. The fourth-order valence-electron chi connectivity index (χ4n) is 2.95. The van der Waals surface area contributed by atoms with Crippen LogP contribution in [0.5, 0.6) is 0 Å². The van der Waals surface area contributed by atoms with E-state index in [1.807, 2.05) is 18.7 Å². The molecular formula is C14H26ClN3O3. The summed E-state index contributed by atoms with van der Waals surface area (Å²) in [5.41, 5.74) is 5.25. The van der Waals surface area contributed by atoms with Gasteiger partial charge in [-0.15, -0.1) is 12.4 Å². The van der Waals surface area contributed by atoms with Gasteiger partial charge in [-0.25, -0.2) is 0 Å². The highest BCUT2D eigenvalue weighted by atomic mass is 35.5. The Morgan fingerprint density at radius 1 is 1.48 bits per heavy atom. The molecule has 7 heteroatoms. The summed E-state index contributed by atoms with van der Waals surface area (Å²) < 4.78 is 5.31. The van der Waals surface area contributed by atoms with E-state index in [1.54, 1.807) is 0 Å². The second kappa shape index (κ2) is 7.42. The Morgan fingerprint density at radius 3 is 2.57 bits per heavy atom. The Kier molecular flexibility index (Phi) is 6.43. The molecule has 6 nitrogen and oxygen atoms in total. The van der Waals surface area contributed by atoms with Gasteiger partial charge in [-0.2, -0.15) is 0 Å². The van der Waals surface area contributed by atoms with Crippen molar-refractivity contribution in [3.63, 3.8) is 0 Å². The predicted molar refractivity (Wildman–Crippen MR) is 82.2 cm³/mol. The molecule has 21 heavy (non-hydrogen) atoms. The van der Waals surface area contributed by atoms with Crippen molar-refractivity contribution in [2.24, 2.45) is 11.1 Å². The molecule has 1 unspecified atom stereocenters. The van der Waals surface area contributed by atoms with Crippen molar-refractivity contribution in [3.05, 3.63) is 0 Å². The SMILES string of the molecule is CC(C)N1CCC(NC(=O)C2(CN)CCOCC2)C1=O.Cl. The number of nitrogens with two attached hydrogens (primary N) is 1. The molecule has 1 atom stereocenters. The van der Waals surface area contributed by atoms with Gasteiger partial charge < -0.3 is 20.7 Å². The highest BCUT2D eigenvalue weighted by Crippen LogP contribution is 2.30. The first-order valence-corrected chi connectivity index (χ1v) is 7.39. The van der Waals surface area contributed by atoms with Crippen molar-refractivity contribution in [3.8, 4) is 0 Å². The Bertz CT molecular complexity index is 384. The number of hydrogen-bond acceptors (Lipinski definition) is 4. The topological polar surface area (TPSA) is 84.7 Å². The zero-order valence-electron chi connectivity index (χ0n) is 12.8. The largest absolute Gasteiger partial charge is 0.381 e. The Balaban J connectivity index is 0.00000220. The monoisotopic (exact) mass is 319 g/mol. The molecule has 122 valence electrons. The quantitative estimate of drug-likeness (QED) is 0.780. The lowest BCUT2D eigenvalue weighted by molar-refractivity contribution is -0.140. The summed E-state index contributed by atoms with van der Waals surface area (Å²) in [5.74, 6) is -0.0696. The number of carbonyl (C=O) groups excluding carboxylic acids is 2. The van der Waals surface area contributed by atoms with E-state index in [4.69, 9.17) is 10.5 Å². The van der Waals surface area contributed by atoms with E-state index in [-0.39, 0.29) is 30.3 Å². The van der Waals surface area contributed by atoms with Crippen LogP contribution in [-0.4, -0.2) is 55.1 Å². The van der Waals surface area contributed by atoms with Gasteiger partial charge in [-0.1, -0.05) is 0 Å². The lowest BCUT2D eigenvalue weighted by Gasteiger charge is -2.35. The van der Waals surface area contributed by atoms with Crippen molar-refractivity contribution in [2.45, 2.75) is 45.2 Å². The molecule has 2 aliphatic rings. The van der Waals surface area contributed by atoms with Crippen LogP contribution in [0.4, 0.5) is 0 Å². The van der Waals surface area contributed by atoms with Crippen LogP contribution in [0.2, 0.25) is 0 Å². The summed E-state index contributed by atoms with van der Waals surface area (Å²) in [5, 5.41) is 2.91. The van der Waals surface area contributed by atoms with Crippen LogP contribution in [0.1, 0.15) is 33.1 Å². The van der Waals surface area contributed by atoms with Crippen molar-refractivity contribution in [1.29, 1.82) is 0 Å². The van der Waals surface area contributed by atoms with Crippen LogP contribution in [0.15, 0.2) is 0 Å². The molecule has 2 saturated heterocycles. The van der Waals surface area contributed by atoms with E-state index < -0.39 is 11.5 Å². The molecular weight excluding hydrogens is 294 g/mol. The van der Waals surface area contributed by atoms with Gasteiger partial charge in [-0.3, -0.25) is 9.59 Å². The summed E-state index contributed by atoms with van der Waals surface area (Å²) >= 11 is 0. The molecule has 0 aromatic heterocycles. The highest BCUT2D eigenvalue weighted by molar-refractivity contribution is 5.91. The molecule has 0 aromatic carbocycles. The lowest BCUT2D eigenvalue weighted by Crippen LogP contribution is -2.53. The van der Waals surface area contributed by atoms with Crippen molar-refractivity contribution in [2.75, 3.05) is 26.3 Å². The maximum absolute atomic E-state index is 12.5. The third-order valence-electron chi connectivity index (χ3n) is 4.49. The number of nitrogens with zero attached hydrogens (tertiary/aromatic N) is 1. The predicted octanol–water partition coefficient (Wildman–Crippen LogP) is 0.289. The van der Waals surface area contributed by atoms with Crippen molar-refractivity contribution >= 4 is 24.2 Å². The smallest absolute Gasteiger partial charge is 0.245 e. The second-order valence-corrected chi connectivity index (χ2v) is 6.04. The van der Waals surface area contributed by atoms with Gasteiger partial charge in [0.15, 0.2) is 0 Å². The Hall–Kier alpha value is -0.850. The van der Waals surface area contributed by atoms with Crippen molar-refractivity contribution in [1.82, 2.24) is 10.2 Å². The van der Waals surface area contributed by atoms with E-state index >= 15 is 0 Å². The molecule has 0 saturated carbocycles. The van der Waals surface area contributed by atoms with Crippen LogP contribution >= 0.6 is 12.4 Å². The van der Waals surface area contributed by atoms with Crippen LogP contribution in [0.25, 0.3) is 0 Å². The third-order valence-corrected chi connectivity index (χ3v) is 4.49. The van der Waals surface area contributed by atoms with Crippen LogP contribution in [-0.2, 0) is 14.3 Å². The average molecular weight is 320 g/mol. The zero-order chi connectivity index (χ0) is 14.8. The van der Waals surface area contributed by atoms with Gasteiger partial charge in [0.1, 0.15) is 6.04 Å². The maximum atomic E-state index is 12.5. The molecule has 2 rings (SSSR count). The van der Waals surface area contributed by atoms with Crippen LogP contribution in [0.3, 0.4) is 0 Å². The highest BCUT2D eigenvalue weighted by Gasteiger charge is 2.42. The Labute approximate surface area is 132 Å². The number of nitrogens with one attached hydrogen (secondary N) is 1. The van der Waals surface area contributed by atoms with Gasteiger partial charge in [0.05, 0.1) is 5.41 Å². The van der Waals surface area contributed by atoms with Crippen molar-refractivity contribution < 1.29 is 14.3 Å². The first-order valence-electron chi connectivity index (χ1n) is 7.39. The molecule has 3 N–H and O–H groups in total. The first-order chi connectivity index (χ1) is 9.50. The normalized spacial score (nSPS) is 24.9. The Morgan fingerprint density at radius 2 is 2.10 bits per heavy atom. The minimum Gasteiger partial charge on any atom is -0.381 e. The number of ether oxygens (including phenoxy) is 1. The van der Waals surface area contributed by atoms with E-state index in [1.165, 1.54) is 0 Å². The number of halogens is 1. The lowest BCUT2D eigenvalue weighted by atomic mass is 9.79. The molecule has 0 spiro atoms. The summed E-state index contributed by atoms with van der Waals surface area (Å²) in [6, 6.07) is -0.216. The van der Waals surface area contributed by atoms with E-state index in [9.17, 15) is 9.59 Å². The zero-order valence-corrected chi connectivity index (χ0v) is 13.6. The maximum Gasteiger partial charge on any atom is 0.245 e. The van der Waals surface area contributed by atoms with Crippen LogP contribution < -0.4 is 11.1 Å². The summed E-state index contributed by atoms with van der Waals surface area (Å²) in [4.78, 5) is 26.5. The van der Waals surface area contributed by atoms with Crippen LogP contribution in [0, 0.1) is 5.41 Å². The first kappa shape index (κ1) is 18.2.